The van der Waals surface area contributed by atoms with Crippen molar-refractivity contribution in [2.75, 3.05) is 4.90 Å². The summed E-state index contributed by atoms with van der Waals surface area (Å²) in [6, 6.07) is 47.0. The predicted octanol–water partition coefficient (Wildman–Crippen LogP) is 12.8. The molecule has 6 aliphatic rings. The number of anilines is 3. The average molecular weight is 913 g/mol. The van der Waals surface area contributed by atoms with Crippen molar-refractivity contribution in [1.29, 1.82) is 0 Å². The van der Waals surface area contributed by atoms with Gasteiger partial charge in [-0.05, 0) is 183 Å². The second-order valence-electron chi connectivity index (χ2n) is 25.6. The molecule has 4 saturated carbocycles. The molecule has 4 fully saturated rings. The molecule has 1 aromatic heterocycles. The molecule has 14 rings (SSSR count). The van der Waals surface area contributed by atoms with Crippen LogP contribution in [0.3, 0.4) is 0 Å². The van der Waals surface area contributed by atoms with Crippen molar-refractivity contribution in [3.8, 4) is 5.69 Å². The van der Waals surface area contributed by atoms with E-state index in [1.165, 1.54) is 160 Å². The second kappa shape index (κ2) is 15.1. The van der Waals surface area contributed by atoms with E-state index >= 15 is 0 Å². The molecule has 7 aromatic carbocycles. The Labute approximate surface area is 419 Å². The highest BCUT2D eigenvalue weighted by molar-refractivity contribution is 7.02. The molecular formula is C66H70B2N2. The van der Waals surface area contributed by atoms with Crippen molar-refractivity contribution in [1.82, 2.24) is 4.57 Å². The van der Waals surface area contributed by atoms with Gasteiger partial charge in [0.1, 0.15) is 0 Å². The normalized spacial score (nSPS) is 21.2. The molecule has 2 nitrogen and oxygen atoms in total. The van der Waals surface area contributed by atoms with Crippen LogP contribution >= 0.6 is 0 Å². The van der Waals surface area contributed by atoms with E-state index in [4.69, 9.17) is 0 Å². The third kappa shape index (κ3) is 6.46. The Hall–Kier alpha value is -5.73. The smallest absolute Gasteiger partial charge is 0.247 e. The van der Waals surface area contributed by atoms with Crippen molar-refractivity contribution in [2.24, 2.45) is 17.8 Å². The van der Waals surface area contributed by atoms with Gasteiger partial charge in [0.05, 0.1) is 11.0 Å². The van der Waals surface area contributed by atoms with Gasteiger partial charge in [0, 0.05) is 33.5 Å². The zero-order chi connectivity index (χ0) is 48.5. The van der Waals surface area contributed by atoms with Gasteiger partial charge in [-0.15, -0.1) is 0 Å². The third-order valence-electron chi connectivity index (χ3n) is 18.5. The first-order valence-corrected chi connectivity index (χ1v) is 26.8. The van der Waals surface area contributed by atoms with Crippen LogP contribution in [0.5, 0.6) is 0 Å². The highest BCUT2D eigenvalue weighted by Gasteiger charge is 2.53. The quantitative estimate of drug-likeness (QED) is 0.160. The van der Waals surface area contributed by atoms with Gasteiger partial charge >= 0.3 is 0 Å². The van der Waals surface area contributed by atoms with Crippen LogP contribution in [-0.2, 0) is 16.2 Å². The minimum absolute atomic E-state index is 0.0200. The van der Waals surface area contributed by atoms with Crippen LogP contribution in [0.25, 0.3) is 27.5 Å². The largest absolute Gasteiger partial charge is 0.313 e. The second-order valence-corrected chi connectivity index (χ2v) is 25.6. The molecule has 8 aromatic rings. The molecule has 4 aliphatic carbocycles. The first-order valence-electron chi connectivity index (χ1n) is 26.8. The maximum Gasteiger partial charge on any atom is 0.247 e. The number of hydrogen-bond acceptors (Lipinski definition) is 1. The lowest BCUT2D eigenvalue weighted by Crippen LogP contribution is -2.66. The van der Waals surface area contributed by atoms with Crippen LogP contribution in [0, 0.1) is 59.3 Å². The maximum absolute atomic E-state index is 2.78. The van der Waals surface area contributed by atoms with Gasteiger partial charge in [0.15, 0.2) is 0 Å². The monoisotopic (exact) mass is 913 g/mol. The molecule has 0 saturated heterocycles. The van der Waals surface area contributed by atoms with Gasteiger partial charge in [0.25, 0.3) is 0 Å². The van der Waals surface area contributed by atoms with Crippen LogP contribution in [0.4, 0.5) is 17.1 Å². The zero-order valence-electron chi connectivity index (χ0n) is 44.0. The van der Waals surface area contributed by atoms with Crippen LogP contribution in [0.2, 0.25) is 0 Å². The number of nitrogens with zero attached hydrogens (tertiary/aromatic N) is 2. The molecule has 0 spiro atoms. The highest BCUT2D eigenvalue weighted by Crippen LogP contribution is 2.62. The Kier molecular flexibility index (Phi) is 9.57. The van der Waals surface area contributed by atoms with Crippen LogP contribution < -0.4 is 37.7 Å². The number of hydrogen-bond donors (Lipinski definition) is 0. The van der Waals surface area contributed by atoms with Gasteiger partial charge < -0.3 is 9.47 Å². The van der Waals surface area contributed by atoms with Crippen molar-refractivity contribution < 1.29 is 0 Å². The van der Waals surface area contributed by atoms with Crippen LogP contribution in [0.1, 0.15) is 130 Å². The molecule has 0 amide bonds. The number of aromatic nitrogens is 1. The lowest BCUT2D eigenvalue weighted by molar-refractivity contribution is -0.00460. The summed E-state index contributed by atoms with van der Waals surface area (Å²) in [6.45, 7) is 28.4. The van der Waals surface area contributed by atoms with Crippen molar-refractivity contribution in [2.45, 2.75) is 138 Å². The Balaban J connectivity index is 1.21. The molecule has 0 atom stereocenters. The van der Waals surface area contributed by atoms with E-state index < -0.39 is 0 Å². The van der Waals surface area contributed by atoms with Crippen molar-refractivity contribution in [3.63, 3.8) is 0 Å². The standard InChI is InChI=1S/C66H70B2N2/c1-38-24-40(3)60(41(4)25-38)67-53-31-47(64(7,8)9)20-22-58(53)70-59-23-21-48(65(10,11)12)32-54(59)68(61-42(5)26-39(2)27-43(61)6)56-34-49(33-55(67)63(56)70)69-57-19-14-13-16-50(57)51-17-15-18-52(62(51)69)66-35-44-28-45(36-66)30-46(29-44)37-66/h13-27,31-34,44-46H,28-30,35-37H2,1-12H3. The fourth-order valence-corrected chi connectivity index (χ4v) is 16.2. The highest BCUT2D eigenvalue weighted by atomic mass is 15.2. The molecule has 70 heavy (non-hydrogen) atoms. The van der Waals surface area contributed by atoms with E-state index in [9.17, 15) is 0 Å². The number of fused-ring (bicyclic) bond motifs is 7. The summed E-state index contributed by atoms with van der Waals surface area (Å²) in [7, 11) is 0. The first-order chi connectivity index (χ1) is 33.4. The lowest BCUT2D eigenvalue weighted by atomic mass is 9.29. The summed E-state index contributed by atoms with van der Waals surface area (Å²) in [5.74, 6) is 2.58. The fraction of sp³-hybridized carbons (Fsp3) is 0.364. The molecule has 4 bridgehead atoms. The number of aryl methyl sites for hydroxylation is 6. The van der Waals surface area contributed by atoms with Gasteiger partial charge in [-0.2, -0.15) is 0 Å². The summed E-state index contributed by atoms with van der Waals surface area (Å²) in [6.07, 6.45) is 8.35. The zero-order valence-corrected chi connectivity index (χ0v) is 44.0. The SMILES string of the molecule is Cc1cc(C)c(B2c3cc(C(C)(C)C)ccc3N3c4ccc(C(C)(C)C)cc4B(c4c(C)cc(C)cc4C)c4cc(-n5c6ccccc6c6cccc(C78CC9CC(CC(C9)C7)C8)c65)cc2c43)c(C)c1. The summed E-state index contributed by atoms with van der Waals surface area (Å²) in [4.78, 5) is 2.72. The summed E-state index contributed by atoms with van der Waals surface area (Å²) in [5.41, 5.74) is 29.3. The Morgan fingerprint density at radius 3 is 1.41 bits per heavy atom. The minimum atomic E-state index is -0.0200. The van der Waals surface area contributed by atoms with Crippen LogP contribution in [-0.4, -0.2) is 18.0 Å². The summed E-state index contributed by atoms with van der Waals surface area (Å²) in [5, 5.41) is 2.77. The molecule has 0 radical (unpaired) electrons. The average Bonchev–Trinajstić information content (AvgIpc) is 3.63. The van der Waals surface area contributed by atoms with E-state index in [1.54, 1.807) is 5.56 Å². The molecule has 350 valence electrons. The Morgan fingerprint density at radius 1 is 0.486 bits per heavy atom. The fourth-order valence-electron chi connectivity index (χ4n) is 16.2. The van der Waals surface area contributed by atoms with Gasteiger partial charge in [-0.3, -0.25) is 0 Å². The predicted molar refractivity (Wildman–Crippen MR) is 303 cm³/mol. The van der Waals surface area contributed by atoms with E-state index in [2.05, 4.69) is 208 Å². The molecule has 4 heteroatoms. The van der Waals surface area contributed by atoms with Gasteiger partial charge in [0.2, 0.25) is 13.4 Å². The topological polar surface area (TPSA) is 8.17 Å². The van der Waals surface area contributed by atoms with Gasteiger partial charge in [-0.25, -0.2) is 0 Å². The van der Waals surface area contributed by atoms with Crippen molar-refractivity contribution in [3.05, 3.63) is 165 Å². The van der Waals surface area contributed by atoms with E-state index in [1.807, 2.05) is 0 Å². The Bertz CT molecular complexity index is 3300. The molecule has 3 heterocycles. The van der Waals surface area contributed by atoms with Crippen LogP contribution in [0.15, 0.2) is 115 Å². The summed E-state index contributed by atoms with van der Waals surface area (Å²) >= 11 is 0. The molecule has 0 unspecified atom stereocenters. The maximum atomic E-state index is 2.78. The van der Waals surface area contributed by atoms with E-state index in [0.717, 1.165) is 17.8 Å². The minimum Gasteiger partial charge on any atom is -0.313 e. The van der Waals surface area contributed by atoms with E-state index in [0.29, 0.717) is 0 Å². The number of benzene rings is 7. The molecule has 0 N–H and O–H groups in total. The van der Waals surface area contributed by atoms with E-state index in [-0.39, 0.29) is 29.7 Å². The molecule has 2 aliphatic heterocycles. The first kappa shape index (κ1) is 44.2. The summed E-state index contributed by atoms with van der Waals surface area (Å²) < 4.78 is 2.78. The van der Waals surface area contributed by atoms with Gasteiger partial charge in [-0.1, -0.05) is 171 Å². The lowest BCUT2D eigenvalue weighted by Gasteiger charge is -2.57. The van der Waals surface area contributed by atoms with Crippen molar-refractivity contribution >= 4 is 85.1 Å². The number of rotatable bonds is 4. The third-order valence-corrected chi connectivity index (χ3v) is 18.5. The Morgan fingerprint density at radius 2 is 0.943 bits per heavy atom. The molecular weight excluding hydrogens is 842 g/mol. The number of para-hydroxylation sites is 2.